The van der Waals surface area contributed by atoms with Crippen molar-refractivity contribution in [1.29, 1.82) is 0 Å². The number of rotatable bonds is 4. The molecule has 0 unspecified atom stereocenters. The van der Waals surface area contributed by atoms with E-state index < -0.39 is 0 Å². The Morgan fingerprint density at radius 2 is 2.20 bits per heavy atom. The molecule has 15 heavy (non-hydrogen) atoms. The van der Waals surface area contributed by atoms with Crippen LogP contribution in [0.1, 0.15) is 51.1 Å². The van der Waals surface area contributed by atoms with Crippen LogP contribution in [0.25, 0.3) is 0 Å². The van der Waals surface area contributed by atoms with E-state index in [1.54, 1.807) is 0 Å². The van der Waals surface area contributed by atoms with Crippen LogP contribution in [-0.4, -0.2) is 15.8 Å². The van der Waals surface area contributed by atoms with Crippen molar-refractivity contribution in [3.63, 3.8) is 0 Å². The van der Waals surface area contributed by atoms with Gasteiger partial charge in [0.2, 0.25) is 0 Å². The number of hydrogen-bond donors (Lipinski definition) is 1. The first kappa shape index (κ1) is 10.7. The lowest BCUT2D eigenvalue weighted by Crippen LogP contribution is -2.25. The van der Waals surface area contributed by atoms with E-state index in [1.807, 2.05) is 10.9 Å². The molecule has 3 nitrogen and oxygen atoms in total. The van der Waals surface area contributed by atoms with Gasteiger partial charge in [-0.3, -0.25) is 4.68 Å². The summed E-state index contributed by atoms with van der Waals surface area (Å²) in [5.74, 6) is 0. The van der Waals surface area contributed by atoms with Gasteiger partial charge in [-0.25, -0.2) is 0 Å². The van der Waals surface area contributed by atoms with Gasteiger partial charge < -0.3 is 5.32 Å². The summed E-state index contributed by atoms with van der Waals surface area (Å²) in [4.78, 5) is 0. The predicted octanol–water partition coefficient (Wildman–Crippen LogP) is 2.50. The number of nitrogens with zero attached hydrogens (tertiary/aromatic N) is 2. The minimum Gasteiger partial charge on any atom is -0.310 e. The van der Waals surface area contributed by atoms with E-state index in [-0.39, 0.29) is 0 Å². The Labute approximate surface area is 91.9 Å². The van der Waals surface area contributed by atoms with E-state index in [9.17, 15) is 0 Å². The molecule has 0 saturated heterocycles. The van der Waals surface area contributed by atoms with Gasteiger partial charge in [-0.15, -0.1) is 0 Å². The number of hydrogen-bond acceptors (Lipinski definition) is 2. The Bertz CT molecular complexity index is 298. The third-order valence-electron chi connectivity index (χ3n) is 3.13. The van der Waals surface area contributed by atoms with E-state index in [1.165, 1.54) is 31.2 Å². The highest BCUT2D eigenvalue weighted by atomic mass is 15.3. The van der Waals surface area contributed by atoms with Crippen LogP contribution < -0.4 is 5.32 Å². The molecule has 0 amide bonds. The van der Waals surface area contributed by atoms with Crippen molar-refractivity contribution in [3.05, 3.63) is 18.0 Å². The third-order valence-corrected chi connectivity index (χ3v) is 3.13. The van der Waals surface area contributed by atoms with Crippen LogP contribution in [0.2, 0.25) is 0 Å². The highest BCUT2D eigenvalue weighted by molar-refractivity contribution is 5.04. The molecule has 1 fully saturated rings. The second-order valence-electron chi connectivity index (χ2n) is 4.78. The van der Waals surface area contributed by atoms with Gasteiger partial charge in [0.1, 0.15) is 0 Å². The molecule has 84 valence electrons. The number of aromatic nitrogens is 2. The highest BCUT2D eigenvalue weighted by Gasteiger charge is 2.14. The van der Waals surface area contributed by atoms with E-state index in [4.69, 9.17) is 0 Å². The summed E-state index contributed by atoms with van der Waals surface area (Å²) in [5.41, 5.74) is 1.30. The Hall–Kier alpha value is -0.830. The van der Waals surface area contributed by atoms with Crippen molar-refractivity contribution in [1.82, 2.24) is 15.1 Å². The summed E-state index contributed by atoms with van der Waals surface area (Å²) in [6.07, 6.45) is 9.59. The molecule has 0 aliphatic heterocycles. The molecule has 1 aliphatic carbocycles. The minimum atomic E-state index is 0.463. The molecule has 0 radical (unpaired) electrons. The van der Waals surface area contributed by atoms with Gasteiger partial charge in [0.25, 0.3) is 0 Å². The molecular formula is C12H21N3. The third kappa shape index (κ3) is 2.81. The smallest absolute Gasteiger partial charge is 0.0534 e. The summed E-state index contributed by atoms with van der Waals surface area (Å²) >= 11 is 0. The monoisotopic (exact) mass is 207 g/mol. The van der Waals surface area contributed by atoms with Gasteiger partial charge in [0.15, 0.2) is 0 Å². The molecule has 3 heteroatoms. The maximum atomic E-state index is 4.34. The van der Waals surface area contributed by atoms with Gasteiger partial charge in [-0.2, -0.15) is 5.10 Å². The van der Waals surface area contributed by atoms with Gasteiger partial charge in [-0.1, -0.05) is 12.8 Å². The van der Waals surface area contributed by atoms with Crippen molar-refractivity contribution in [2.24, 2.45) is 0 Å². The lowest BCUT2D eigenvalue weighted by atomic mass is 10.2. The highest BCUT2D eigenvalue weighted by Crippen LogP contribution is 2.18. The van der Waals surface area contributed by atoms with E-state index in [0.29, 0.717) is 6.04 Å². The second kappa shape index (κ2) is 4.79. The van der Waals surface area contributed by atoms with Crippen molar-refractivity contribution in [2.45, 2.75) is 58.2 Å². The fraction of sp³-hybridized carbons (Fsp3) is 0.750. The van der Waals surface area contributed by atoms with Gasteiger partial charge in [0.05, 0.1) is 6.20 Å². The SMILES string of the molecule is CC(C)n1cc(CNC2CCCC2)cn1. The van der Waals surface area contributed by atoms with Gasteiger partial charge in [0, 0.05) is 30.4 Å². The molecule has 2 rings (SSSR count). The average Bonchev–Trinajstić information content (AvgIpc) is 2.86. The lowest BCUT2D eigenvalue weighted by Gasteiger charge is -2.10. The van der Waals surface area contributed by atoms with Crippen LogP contribution in [0, 0.1) is 0 Å². The van der Waals surface area contributed by atoms with Crippen LogP contribution >= 0.6 is 0 Å². The summed E-state index contributed by atoms with van der Waals surface area (Å²) in [6, 6.07) is 1.21. The molecule has 0 spiro atoms. The molecule has 0 atom stereocenters. The fourth-order valence-electron chi connectivity index (χ4n) is 2.14. The van der Waals surface area contributed by atoms with Gasteiger partial charge >= 0.3 is 0 Å². The van der Waals surface area contributed by atoms with Crippen molar-refractivity contribution >= 4 is 0 Å². The molecule has 1 saturated carbocycles. The van der Waals surface area contributed by atoms with Crippen LogP contribution in [0.4, 0.5) is 0 Å². The minimum absolute atomic E-state index is 0.463. The topological polar surface area (TPSA) is 29.9 Å². The maximum Gasteiger partial charge on any atom is 0.0534 e. The van der Waals surface area contributed by atoms with Crippen LogP contribution in [0.3, 0.4) is 0 Å². The fourth-order valence-corrected chi connectivity index (χ4v) is 2.14. The quantitative estimate of drug-likeness (QED) is 0.822. The Kier molecular flexibility index (Phi) is 3.41. The first-order chi connectivity index (χ1) is 7.25. The zero-order valence-corrected chi connectivity index (χ0v) is 9.74. The maximum absolute atomic E-state index is 4.34. The van der Waals surface area contributed by atoms with Crippen LogP contribution in [0.5, 0.6) is 0 Å². The van der Waals surface area contributed by atoms with E-state index >= 15 is 0 Å². The summed E-state index contributed by atoms with van der Waals surface area (Å²) < 4.78 is 2.02. The second-order valence-corrected chi connectivity index (χ2v) is 4.78. The number of nitrogens with one attached hydrogen (secondary N) is 1. The molecule has 1 heterocycles. The zero-order chi connectivity index (χ0) is 10.7. The molecule has 0 aromatic carbocycles. The molecular weight excluding hydrogens is 186 g/mol. The van der Waals surface area contributed by atoms with Crippen molar-refractivity contribution < 1.29 is 0 Å². The molecule has 1 aliphatic rings. The summed E-state index contributed by atoms with van der Waals surface area (Å²) in [5, 5.41) is 7.93. The van der Waals surface area contributed by atoms with Crippen molar-refractivity contribution in [2.75, 3.05) is 0 Å². The summed E-state index contributed by atoms with van der Waals surface area (Å²) in [7, 11) is 0. The Morgan fingerprint density at radius 1 is 1.47 bits per heavy atom. The standard InChI is InChI=1S/C12H21N3/c1-10(2)15-9-11(8-14-15)7-13-12-5-3-4-6-12/h8-10,12-13H,3-7H2,1-2H3. The Morgan fingerprint density at radius 3 is 2.80 bits per heavy atom. The summed E-state index contributed by atoms with van der Waals surface area (Å²) in [6.45, 7) is 5.28. The lowest BCUT2D eigenvalue weighted by molar-refractivity contribution is 0.519. The molecule has 1 aromatic rings. The van der Waals surface area contributed by atoms with Crippen LogP contribution in [0.15, 0.2) is 12.4 Å². The molecule has 1 N–H and O–H groups in total. The zero-order valence-electron chi connectivity index (χ0n) is 9.74. The normalized spacial score (nSPS) is 17.8. The largest absolute Gasteiger partial charge is 0.310 e. The van der Waals surface area contributed by atoms with Gasteiger partial charge in [-0.05, 0) is 26.7 Å². The molecule has 0 bridgehead atoms. The predicted molar refractivity (Wildman–Crippen MR) is 61.7 cm³/mol. The van der Waals surface area contributed by atoms with E-state index in [0.717, 1.165) is 12.6 Å². The first-order valence-electron chi connectivity index (χ1n) is 6.02. The van der Waals surface area contributed by atoms with E-state index in [2.05, 4.69) is 30.5 Å². The Balaban J connectivity index is 1.82. The molecule has 1 aromatic heterocycles. The van der Waals surface area contributed by atoms with Crippen molar-refractivity contribution in [3.8, 4) is 0 Å². The van der Waals surface area contributed by atoms with Crippen LogP contribution in [-0.2, 0) is 6.54 Å². The average molecular weight is 207 g/mol. The first-order valence-corrected chi connectivity index (χ1v) is 6.02.